The van der Waals surface area contributed by atoms with E-state index < -0.39 is 5.97 Å². The van der Waals surface area contributed by atoms with Crippen molar-refractivity contribution in [3.05, 3.63) is 34.9 Å². The van der Waals surface area contributed by atoms with Crippen LogP contribution in [0.5, 0.6) is 0 Å². The first kappa shape index (κ1) is 18.4. The van der Waals surface area contributed by atoms with Crippen molar-refractivity contribution in [1.29, 1.82) is 0 Å². The Morgan fingerprint density at radius 2 is 1.73 bits per heavy atom. The number of nitrogens with zero attached hydrogens (tertiary/aromatic N) is 2. The maximum Gasteiger partial charge on any atom is 0.335 e. The number of aryl methyl sites for hydroxylation is 1. The Morgan fingerprint density at radius 1 is 1.04 bits per heavy atom. The van der Waals surface area contributed by atoms with E-state index in [1.54, 1.807) is 24.0 Å². The van der Waals surface area contributed by atoms with Crippen LogP contribution in [0, 0.1) is 12.8 Å². The van der Waals surface area contributed by atoms with Crippen molar-refractivity contribution >= 4 is 17.8 Å². The molecule has 0 aliphatic carbocycles. The number of aromatic carboxylic acids is 1. The summed E-state index contributed by atoms with van der Waals surface area (Å²) in [4.78, 5) is 40.3. The number of likely N-dealkylation sites (tertiary alicyclic amines) is 1. The molecular weight excluding hydrogens is 336 g/mol. The van der Waals surface area contributed by atoms with E-state index in [9.17, 15) is 19.5 Å². The Kier molecular flexibility index (Phi) is 5.56. The number of piperidine rings is 1. The molecule has 3 rings (SSSR count). The van der Waals surface area contributed by atoms with Gasteiger partial charge in [0.2, 0.25) is 5.91 Å². The lowest BCUT2D eigenvalue weighted by Crippen LogP contribution is -2.49. The van der Waals surface area contributed by atoms with Crippen LogP contribution in [0.1, 0.15) is 39.1 Å². The van der Waals surface area contributed by atoms with Gasteiger partial charge in [-0.15, -0.1) is 0 Å². The van der Waals surface area contributed by atoms with Crippen LogP contribution in [-0.4, -0.2) is 72.1 Å². The van der Waals surface area contributed by atoms with Gasteiger partial charge in [0.05, 0.1) is 24.7 Å². The van der Waals surface area contributed by atoms with E-state index in [2.05, 4.69) is 0 Å². The Balaban J connectivity index is 1.72. The molecule has 2 saturated heterocycles. The molecule has 0 bridgehead atoms. The number of carbonyl (C=O) groups excluding carboxylic acids is 2. The zero-order chi connectivity index (χ0) is 18.7. The summed E-state index contributed by atoms with van der Waals surface area (Å²) in [6.45, 7) is 5.05. The van der Waals surface area contributed by atoms with Crippen molar-refractivity contribution in [3.8, 4) is 0 Å². The van der Waals surface area contributed by atoms with Gasteiger partial charge in [0, 0.05) is 31.7 Å². The van der Waals surface area contributed by atoms with Crippen molar-refractivity contribution in [3.63, 3.8) is 0 Å². The van der Waals surface area contributed by atoms with Gasteiger partial charge >= 0.3 is 5.97 Å². The molecule has 2 aliphatic heterocycles. The molecule has 2 amide bonds. The van der Waals surface area contributed by atoms with Gasteiger partial charge < -0.3 is 19.6 Å². The predicted molar refractivity (Wildman–Crippen MR) is 94.2 cm³/mol. The first-order valence-electron chi connectivity index (χ1n) is 8.96. The van der Waals surface area contributed by atoms with Crippen molar-refractivity contribution < 1.29 is 24.2 Å². The molecule has 7 nitrogen and oxygen atoms in total. The highest BCUT2D eigenvalue weighted by Crippen LogP contribution is 2.22. The molecule has 7 heteroatoms. The molecule has 2 fully saturated rings. The predicted octanol–water partition coefficient (Wildman–Crippen LogP) is 1.40. The fourth-order valence-electron chi connectivity index (χ4n) is 3.62. The van der Waals surface area contributed by atoms with Crippen LogP contribution in [-0.2, 0) is 9.53 Å². The van der Waals surface area contributed by atoms with Gasteiger partial charge in [-0.3, -0.25) is 9.59 Å². The number of carboxylic acids is 1. The molecule has 0 spiro atoms. The summed E-state index contributed by atoms with van der Waals surface area (Å²) in [7, 11) is 0. The van der Waals surface area contributed by atoms with Crippen molar-refractivity contribution in [2.75, 3.05) is 39.4 Å². The monoisotopic (exact) mass is 360 g/mol. The van der Waals surface area contributed by atoms with Crippen LogP contribution in [0.4, 0.5) is 0 Å². The minimum absolute atomic E-state index is 0.0845. The molecular formula is C19H24N2O5. The topological polar surface area (TPSA) is 87.2 Å². The molecule has 1 N–H and O–H groups in total. The van der Waals surface area contributed by atoms with Gasteiger partial charge in [0.25, 0.3) is 5.91 Å². The second-order valence-corrected chi connectivity index (χ2v) is 6.92. The fourth-order valence-corrected chi connectivity index (χ4v) is 3.62. The lowest BCUT2D eigenvalue weighted by molar-refractivity contribution is -0.141. The zero-order valence-corrected chi connectivity index (χ0v) is 14.9. The average molecular weight is 360 g/mol. The van der Waals surface area contributed by atoms with E-state index in [-0.39, 0.29) is 23.3 Å². The van der Waals surface area contributed by atoms with E-state index in [0.717, 1.165) is 18.4 Å². The number of amides is 2. The molecule has 2 aliphatic rings. The lowest BCUT2D eigenvalue weighted by atomic mass is 9.95. The van der Waals surface area contributed by atoms with Crippen LogP contribution < -0.4 is 0 Å². The number of ether oxygens (including phenoxy) is 1. The Hall–Kier alpha value is -2.41. The third kappa shape index (κ3) is 4.04. The van der Waals surface area contributed by atoms with Gasteiger partial charge in [-0.2, -0.15) is 0 Å². The van der Waals surface area contributed by atoms with Crippen LogP contribution in [0.2, 0.25) is 0 Å². The van der Waals surface area contributed by atoms with E-state index in [1.807, 2.05) is 4.90 Å². The van der Waals surface area contributed by atoms with Gasteiger partial charge in [-0.05, 0) is 43.5 Å². The lowest BCUT2D eigenvalue weighted by Gasteiger charge is -2.36. The number of hydrogen-bond acceptors (Lipinski definition) is 4. The molecule has 0 radical (unpaired) electrons. The SMILES string of the molecule is Cc1cc(C(=O)O)cc(C(=O)N2CCCC(C(=O)N3CCOCC3)C2)c1. The summed E-state index contributed by atoms with van der Waals surface area (Å²) >= 11 is 0. The first-order chi connectivity index (χ1) is 12.5. The average Bonchev–Trinajstić information content (AvgIpc) is 2.67. The van der Waals surface area contributed by atoms with E-state index in [4.69, 9.17) is 4.74 Å². The minimum atomic E-state index is -1.05. The summed E-state index contributed by atoms with van der Waals surface area (Å²) in [6.07, 6.45) is 1.54. The smallest absolute Gasteiger partial charge is 0.335 e. The first-order valence-corrected chi connectivity index (χ1v) is 8.96. The molecule has 140 valence electrons. The number of hydrogen-bond donors (Lipinski definition) is 1. The van der Waals surface area contributed by atoms with Gasteiger partial charge in [0.15, 0.2) is 0 Å². The maximum atomic E-state index is 12.9. The Morgan fingerprint density at radius 3 is 2.42 bits per heavy atom. The number of rotatable bonds is 3. The van der Waals surface area contributed by atoms with E-state index >= 15 is 0 Å². The van der Waals surface area contributed by atoms with Crippen molar-refractivity contribution in [1.82, 2.24) is 9.80 Å². The number of carboxylic acid groups (broad SMARTS) is 1. The number of benzene rings is 1. The molecule has 0 saturated carbocycles. The largest absolute Gasteiger partial charge is 0.478 e. The van der Waals surface area contributed by atoms with Gasteiger partial charge in [-0.25, -0.2) is 4.79 Å². The van der Waals surface area contributed by atoms with Crippen molar-refractivity contribution in [2.24, 2.45) is 5.92 Å². The van der Waals surface area contributed by atoms with Crippen molar-refractivity contribution in [2.45, 2.75) is 19.8 Å². The second-order valence-electron chi connectivity index (χ2n) is 6.92. The normalized spacial score (nSPS) is 20.7. The second kappa shape index (κ2) is 7.86. The van der Waals surface area contributed by atoms with Gasteiger partial charge in [0.1, 0.15) is 0 Å². The summed E-state index contributed by atoms with van der Waals surface area (Å²) in [5.41, 5.74) is 1.19. The molecule has 2 heterocycles. The number of carbonyl (C=O) groups is 3. The van der Waals surface area contributed by atoms with Crippen LogP contribution >= 0.6 is 0 Å². The van der Waals surface area contributed by atoms with Gasteiger partial charge in [-0.1, -0.05) is 0 Å². The van der Waals surface area contributed by atoms with Crippen LogP contribution in [0.15, 0.2) is 18.2 Å². The summed E-state index contributed by atoms with van der Waals surface area (Å²) < 4.78 is 5.29. The van der Waals surface area contributed by atoms with E-state index in [1.165, 1.54) is 6.07 Å². The molecule has 26 heavy (non-hydrogen) atoms. The number of morpholine rings is 1. The van der Waals surface area contributed by atoms with Crippen LogP contribution in [0.3, 0.4) is 0 Å². The standard InChI is InChI=1S/C19H24N2O5/c1-13-9-15(11-16(10-13)19(24)25)18(23)21-4-2-3-14(12-21)17(22)20-5-7-26-8-6-20/h9-11,14H,2-8,12H2,1H3,(H,24,25). The highest BCUT2D eigenvalue weighted by molar-refractivity contribution is 5.98. The molecule has 1 unspecified atom stereocenters. The summed E-state index contributed by atoms with van der Waals surface area (Å²) in [5.74, 6) is -1.38. The van der Waals surface area contributed by atoms with E-state index in [0.29, 0.717) is 45.0 Å². The third-order valence-electron chi connectivity index (χ3n) is 4.95. The van der Waals surface area contributed by atoms with Crippen LogP contribution in [0.25, 0.3) is 0 Å². The quantitative estimate of drug-likeness (QED) is 0.880. The minimum Gasteiger partial charge on any atom is -0.478 e. The maximum absolute atomic E-state index is 12.9. The highest BCUT2D eigenvalue weighted by Gasteiger charge is 2.32. The molecule has 1 atom stereocenters. The highest BCUT2D eigenvalue weighted by atomic mass is 16.5. The summed E-state index contributed by atoms with van der Waals surface area (Å²) in [5, 5.41) is 9.20. The molecule has 0 aromatic heterocycles. The fraction of sp³-hybridized carbons (Fsp3) is 0.526. The molecule has 1 aromatic carbocycles. The Labute approximate surface area is 152 Å². The zero-order valence-electron chi connectivity index (χ0n) is 14.9. The molecule has 1 aromatic rings. The third-order valence-corrected chi connectivity index (χ3v) is 4.95. The Bertz CT molecular complexity index is 712. The summed E-state index contributed by atoms with van der Waals surface area (Å²) in [6, 6.07) is 4.65.